The number of hydrogen-bond acceptors (Lipinski definition) is 2. The number of amides is 1. The van der Waals surface area contributed by atoms with Crippen LogP contribution >= 0.6 is 0 Å². The number of rotatable bonds is 5. The molecule has 19 heavy (non-hydrogen) atoms. The summed E-state index contributed by atoms with van der Waals surface area (Å²) in [6, 6.07) is 4.31. The van der Waals surface area contributed by atoms with Gasteiger partial charge in [-0.1, -0.05) is 13.8 Å². The Bertz CT molecular complexity index is 446. The van der Waals surface area contributed by atoms with Crippen molar-refractivity contribution in [1.29, 1.82) is 0 Å². The molecule has 0 radical (unpaired) electrons. The first kappa shape index (κ1) is 15.6. The van der Waals surface area contributed by atoms with Gasteiger partial charge in [-0.2, -0.15) is 0 Å². The van der Waals surface area contributed by atoms with Gasteiger partial charge >= 0.3 is 0 Å². The first-order chi connectivity index (χ1) is 8.82. The summed E-state index contributed by atoms with van der Waals surface area (Å²) < 4.78 is 13.0. The normalized spacial score (nSPS) is 12.6. The molecule has 0 spiro atoms. The zero-order chi connectivity index (χ0) is 14.6. The maximum Gasteiger partial charge on any atom is 0.253 e. The second-order valence-corrected chi connectivity index (χ2v) is 5.38. The summed E-state index contributed by atoms with van der Waals surface area (Å²) in [5.74, 6) is -0.0111. The van der Waals surface area contributed by atoms with E-state index in [0.29, 0.717) is 23.6 Å². The highest BCUT2D eigenvalue weighted by molar-refractivity contribution is 5.95. The fourth-order valence-electron chi connectivity index (χ4n) is 1.85. The number of aryl methyl sites for hydroxylation is 1. The highest BCUT2D eigenvalue weighted by atomic mass is 19.1. The Morgan fingerprint density at radius 1 is 1.42 bits per heavy atom. The van der Waals surface area contributed by atoms with E-state index in [1.807, 2.05) is 0 Å². The van der Waals surface area contributed by atoms with E-state index in [0.717, 1.165) is 6.42 Å². The number of carbonyl (C=O) groups is 1. The van der Waals surface area contributed by atoms with Crippen molar-refractivity contribution < 1.29 is 9.18 Å². The van der Waals surface area contributed by atoms with Crippen molar-refractivity contribution in [3.05, 3.63) is 35.1 Å². The van der Waals surface area contributed by atoms with Crippen molar-refractivity contribution in [2.24, 2.45) is 11.7 Å². The van der Waals surface area contributed by atoms with Crippen LogP contribution < -0.4 is 5.73 Å². The summed E-state index contributed by atoms with van der Waals surface area (Å²) in [6.07, 6.45) is 0.764. The molecule has 1 atom stereocenters. The number of hydrogen-bond donors (Lipinski definition) is 1. The molecular formula is C15H23FN2O. The average molecular weight is 266 g/mol. The molecule has 1 aromatic rings. The summed E-state index contributed by atoms with van der Waals surface area (Å²) in [5, 5.41) is 0. The average Bonchev–Trinajstić information content (AvgIpc) is 2.34. The van der Waals surface area contributed by atoms with Crippen molar-refractivity contribution in [3.63, 3.8) is 0 Å². The minimum absolute atomic E-state index is 0.0876. The van der Waals surface area contributed by atoms with Gasteiger partial charge in [-0.15, -0.1) is 0 Å². The topological polar surface area (TPSA) is 46.3 Å². The molecule has 106 valence electrons. The number of halogens is 1. The van der Waals surface area contributed by atoms with E-state index >= 15 is 0 Å². The fourth-order valence-corrected chi connectivity index (χ4v) is 1.85. The Morgan fingerprint density at radius 2 is 2.05 bits per heavy atom. The third kappa shape index (κ3) is 4.31. The maximum absolute atomic E-state index is 13.0. The van der Waals surface area contributed by atoms with Crippen LogP contribution in [0.15, 0.2) is 18.2 Å². The molecule has 0 aliphatic rings. The molecule has 2 N–H and O–H groups in total. The molecule has 0 bridgehead atoms. The van der Waals surface area contributed by atoms with Crippen LogP contribution in [0.5, 0.6) is 0 Å². The van der Waals surface area contributed by atoms with Gasteiger partial charge in [0.2, 0.25) is 0 Å². The van der Waals surface area contributed by atoms with Crippen LogP contribution in [0.3, 0.4) is 0 Å². The highest BCUT2D eigenvalue weighted by Gasteiger charge is 2.16. The van der Waals surface area contributed by atoms with Crippen molar-refractivity contribution >= 4 is 5.91 Å². The SMILES string of the molecule is Cc1cc(F)ccc1C(=O)N(C)CCC(N)C(C)C. The Labute approximate surface area is 114 Å². The van der Waals surface area contributed by atoms with Gasteiger partial charge in [-0.05, 0) is 43.0 Å². The predicted octanol–water partition coefficient (Wildman–Crippen LogP) is 2.58. The van der Waals surface area contributed by atoms with E-state index < -0.39 is 0 Å². The molecule has 0 heterocycles. The molecule has 3 nitrogen and oxygen atoms in total. The van der Waals surface area contributed by atoms with Crippen LogP contribution in [0.4, 0.5) is 4.39 Å². The van der Waals surface area contributed by atoms with E-state index in [4.69, 9.17) is 5.73 Å². The molecule has 1 aromatic carbocycles. The van der Waals surface area contributed by atoms with Crippen molar-refractivity contribution in [2.45, 2.75) is 33.2 Å². The Hall–Kier alpha value is -1.42. The number of benzene rings is 1. The third-order valence-corrected chi connectivity index (χ3v) is 3.42. The van der Waals surface area contributed by atoms with Gasteiger partial charge in [0.15, 0.2) is 0 Å². The first-order valence-electron chi connectivity index (χ1n) is 6.60. The summed E-state index contributed by atoms with van der Waals surface area (Å²) in [7, 11) is 1.75. The Balaban J connectivity index is 2.66. The fraction of sp³-hybridized carbons (Fsp3) is 0.533. The zero-order valence-corrected chi connectivity index (χ0v) is 12.1. The Kier molecular flexibility index (Phi) is 5.48. The second kappa shape index (κ2) is 6.66. The van der Waals surface area contributed by atoms with E-state index in [2.05, 4.69) is 13.8 Å². The van der Waals surface area contributed by atoms with E-state index in [9.17, 15) is 9.18 Å². The van der Waals surface area contributed by atoms with Gasteiger partial charge in [0.1, 0.15) is 5.82 Å². The minimum atomic E-state index is -0.321. The van der Waals surface area contributed by atoms with Crippen molar-refractivity contribution in [2.75, 3.05) is 13.6 Å². The van der Waals surface area contributed by atoms with E-state index in [1.54, 1.807) is 18.9 Å². The summed E-state index contributed by atoms with van der Waals surface area (Å²) >= 11 is 0. The van der Waals surface area contributed by atoms with Gasteiger partial charge in [0.25, 0.3) is 5.91 Å². The smallest absolute Gasteiger partial charge is 0.253 e. The van der Waals surface area contributed by atoms with E-state index in [1.165, 1.54) is 18.2 Å². The molecule has 0 aromatic heterocycles. The number of nitrogens with zero attached hydrogens (tertiary/aromatic N) is 1. The standard InChI is InChI=1S/C15H23FN2O/c1-10(2)14(17)7-8-18(4)15(19)13-6-5-12(16)9-11(13)3/h5-6,9-10,14H,7-8,17H2,1-4H3. The van der Waals surface area contributed by atoms with Gasteiger partial charge in [0.05, 0.1) is 0 Å². The lowest BCUT2D eigenvalue weighted by Crippen LogP contribution is -2.34. The zero-order valence-electron chi connectivity index (χ0n) is 12.1. The van der Waals surface area contributed by atoms with Crippen LogP contribution in [0.2, 0.25) is 0 Å². The van der Waals surface area contributed by atoms with Crippen LogP contribution in [0.1, 0.15) is 36.2 Å². The van der Waals surface area contributed by atoms with E-state index in [-0.39, 0.29) is 17.8 Å². The quantitative estimate of drug-likeness (QED) is 0.890. The molecule has 4 heteroatoms. The third-order valence-electron chi connectivity index (χ3n) is 3.42. The summed E-state index contributed by atoms with van der Waals surface area (Å²) in [4.78, 5) is 13.9. The molecule has 0 saturated heterocycles. The molecule has 1 rings (SSSR count). The second-order valence-electron chi connectivity index (χ2n) is 5.38. The highest BCUT2D eigenvalue weighted by Crippen LogP contribution is 2.13. The molecule has 0 fully saturated rings. The molecule has 0 aliphatic carbocycles. The first-order valence-corrected chi connectivity index (χ1v) is 6.60. The lowest BCUT2D eigenvalue weighted by Gasteiger charge is -2.22. The van der Waals surface area contributed by atoms with Crippen LogP contribution in [0.25, 0.3) is 0 Å². The maximum atomic E-state index is 13.0. The van der Waals surface area contributed by atoms with Crippen molar-refractivity contribution in [3.8, 4) is 0 Å². The monoisotopic (exact) mass is 266 g/mol. The lowest BCUT2D eigenvalue weighted by atomic mass is 10.0. The molecular weight excluding hydrogens is 243 g/mol. The van der Waals surface area contributed by atoms with Gasteiger partial charge in [-0.25, -0.2) is 4.39 Å². The van der Waals surface area contributed by atoms with Gasteiger partial charge in [-0.3, -0.25) is 4.79 Å². The van der Waals surface area contributed by atoms with Crippen LogP contribution in [0, 0.1) is 18.7 Å². The molecule has 1 unspecified atom stereocenters. The van der Waals surface area contributed by atoms with Gasteiger partial charge in [0, 0.05) is 25.2 Å². The lowest BCUT2D eigenvalue weighted by molar-refractivity contribution is 0.0788. The van der Waals surface area contributed by atoms with Crippen LogP contribution in [-0.4, -0.2) is 30.4 Å². The van der Waals surface area contributed by atoms with Crippen molar-refractivity contribution in [1.82, 2.24) is 4.90 Å². The molecule has 1 amide bonds. The van der Waals surface area contributed by atoms with Gasteiger partial charge < -0.3 is 10.6 Å². The predicted molar refractivity (Wildman–Crippen MR) is 75.5 cm³/mol. The number of nitrogens with two attached hydrogens (primary N) is 1. The summed E-state index contributed by atoms with van der Waals surface area (Å²) in [6.45, 7) is 6.48. The largest absolute Gasteiger partial charge is 0.342 e. The molecule has 0 aliphatic heterocycles. The number of carbonyl (C=O) groups excluding carboxylic acids is 1. The molecule has 0 saturated carbocycles. The van der Waals surface area contributed by atoms with Crippen LogP contribution in [-0.2, 0) is 0 Å². The summed E-state index contributed by atoms with van der Waals surface area (Å²) in [5.41, 5.74) is 7.17. The Morgan fingerprint density at radius 3 is 2.58 bits per heavy atom. The minimum Gasteiger partial charge on any atom is -0.342 e.